The molecule has 1 aromatic rings. The highest BCUT2D eigenvalue weighted by atomic mass is 16.5. The molecule has 1 aromatic carbocycles. The minimum atomic E-state index is 0.495. The van der Waals surface area contributed by atoms with Gasteiger partial charge in [-0.1, -0.05) is 24.8 Å². The molecular formula is C15H22NO3+. The van der Waals surface area contributed by atoms with E-state index in [0.717, 1.165) is 44.3 Å². The Labute approximate surface area is 114 Å². The molecule has 0 aromatic heterocycles. The van der Waals surface area contributed by atoms with E-state index in [4.69, 9.17) is 14.2 Å². The highest BCUT2D eigenvalue weighted by molar-refractivity contribution is 5.39. The fourth-order valence-corrected chi connectivity index (χ4v) is 2.05. The van der Waals surface area contributed by atoms with Gasteiger partial charge in [-0.25, -0.2) is 0 Å². The molecule has 0 spiro atoms. The van der Waals surface area contributed by atoms with Crippen molar-refractivity contribution in [3.8, 4) is 11.5 Å². The molecular weight excluding hydrogens is 242 g/mol. The summed E-state index contributed by atoms with van der Waals surface area (Å²) < 4.78 is 16.7. The normalized spacial score (nSPS) is 16.0. The Hall–Kier alpha value is -1.52. The summed E-state index contributed by atoms with van der Waals surface area (Å²) in [6, 6.07) is 7.75. The minimum absolute atomic E-state index is 0.495. The van der Waals surface area contributed by atoms with Crippen molar-refractivity contribution in [3.05, 3.63) is 36.9 Å². The number of nitrogens with one attached hydrogen (secondary N) is 1. The predicted octanol–water partition coefficient (Wildman–Crippen LogP) is 0.545. The lowest BCUT2D eigenvalue weighted by molar-refractivity contribution is -0.908. The summed E-state index contributed by atoms with van der Waals surface area (Å²) in [5, 5.41) is 0. The molecule has 4 nitrogen and oxygen atoms in total. The molecule has 1 fully saturated rings. The van der Waals surface area contributed by atoms with Crippen LogP contribution in [0.1, 0.15) is 0 Å². The van der Waals surface area contributed by atoms with Crippen molar-refractivity contribution in [2.75, 3.05) is 46.1 Å². The van der Waals surface area contributed by atoms with Crippen LogP contribution in [0.3, 0.4) is 0 Å². The van der Waals surface area contributed by atoms with Crippen LogP contribution in [0.2, 0.25) is 0 Å². The molecule has 1 aliphatic rings. The summed E-state index contributed by atoms with van der Waals surface area (Å²) in [6.07, 6.45) is 1.73. The van der Waals surface area contributed by atoms with Gasteiger partial charge in [0.15, 0.2) is 11.5 Å². The third-order valence-electron chi connectivity index (χ3n) is 3.12. The van der Waals surface area contributed by atoms with E-state index in [1.54, 1.807) is 6.08 Å². The Balaban J connectivity index is 1.79. The smallest absolute Gasteiger partial charge is 0.161 e. The maximum Gasteiger partial charge on any atom is 0.161 e. The van der Waals surface area contributed by atoms with Gasteiger partial charge in [0.05, 0.1) is 13.2 Å². The molecule has 0 unspecified atom stereocenters. The number of hydrogen-bond donors (Lipinski definition) is 1. The number of para-hydroxylation sites is 2. The lowest BCUT2D eigenvalue weighted by atomic mass is 10.3. The third-order valence-corrected chi connectivity index (χ3v) is 3.12. The topological polar surface area (TPSA) is 32.1 Å². The fourth-order valence-electron chi connectivity index (χ4n) is 2.05. The van der Waals surface area contributed by atoms with E-state index in [1.165, 1.54) is 4.90 Å². The predicted molar refractivity (Wildman–Crippen MR) is 74.0 cm³/mol. The maximum atomic E-state index is 5.82. The molecule has 1 aliphatic heterocycles. The molecule has 19 heavy (non-hydrogen) atoms. The van der Waals surface area contributed by atoms with E-state index in [-0.39, 0.29) is 0 Å². The first-order valence-corrected chi connectivity index (χ1v) is 6.77. The molecule has 1 heterocycles. The zero-order valence-electron chi connectivity index (χ0n) is 11.3. The van der Waals surface area contributed by atoms with Crippen molar-refractivity contribution in [3.63, 3.8) is 0 Å². The SMILES string of the molecule is C=CCOc1ccccc1OCC[NH+]1CCOCC1. The molecule has 0 atom stereocenters. The van der Waals surface area contributed by atoms with Gasteiger partial charge in [-0.3, -0.25) is 0 Å². The Morgan fingerprint density at radius 2 is 1.84 bits per heavy atom. The summed E-state index contributed by atoms with van der Waals surface area (Å²) in [5.74, 6) is 1.58. The van der Waals surface area contributed by atoms with E-state index < -0.39 is 0 Å². The number of ether oxygens (including phenoxy) is 3. The Morgan fingerprint density at radius 3 is 2.53 bits per heavy atom. The van der Waals surface area contributed by atoms with E-state index in [9.17, 15) is 0 Å². The first-order chi connectivity index (χ1) is 9.40. The first kappa shape index (κ1) is 13.9. The highest BCUT2D eigenvalue weighted by Gasteiger charge is 2.13. The molecule has 0 amide bonds. The summed E-state index contributed by atoms with van der Waals surface area (Å²) in [7, 11) is 0. The molecule has 1 N–H and O–H groups in total. The van der Waals surface area contributed by atoms with Crippen molar-refractivity contribution in [1.29, 1.82) is 0 Å². The number of morpholine rings is 1. The van der Waals surface area contributed by atoms with Crippen LogP contribution in [-0.4, -0.2) is 46.1 Å². The van der Waals surface area contributed by atoms with Gasteiger partial charge >= 0.3 is 0 Å². The lowest BCUT2D eigenvalue weighted by Crippen LogP contribution is -3.14. The minimum Gasteiger partial charge on any atom is -0.486 e. The second kappa shape index (κ2) is 7.81. The number of benzene rings is 1. The highest BCUT2D eigenvalue weighted by Crippen LogP contribution is 2.26. The van der Waals surface area contributed by atoms with Gasteiger partial charge in [0.25, 0.3) is 0 Å². The molecule has 0 radical (unpaired) electrons. The van der Waals surface area contributed by atoms with Gasteiger partial charge in [0.1, 0.15) is 32.8 Å². The van der Waals surface area contributed by atoms with E-state index >= 15 is 0 Å². The van der Waals surface area contributed by atoms with E-state index in [0.29, 0.717) is 13.2 Å². The van der Waals surface area contributed by atoms with Crippen molar-refractivity contribution in [1.82, 2.24) is 0 Å². The number of quaternary nitrogens is 1. The second-order valence-corrected chi connectivity index (χ2v) is 4.51. The van der Waals surface area contributed by atoms with Crippen LogP contribution in [0.25, 0.3) is 0 Å². The van der Waals surface area contributed by atoms with Gasteiger partial charge in [0, 0.05) is 0 Å². The lowest BCUT2D eigenvalue weighted by Gasteiger charge is -2.23. The Bertz CT molecular complexity index is 389. The molecule has 1 saturated heterocycles. The quantitative estimate of drug-likeness (QED) is 0.730. The Kier molecular flexibility index (Phi) is 5.72. The van der Waals surface area contributed by atoms with Gasteiger partial charge in [0.2, 0.25) is 0 Å². The van der Waals surface area contributed by atoms with Gasteiger partial charge in [-0.15, -0.1) is 0 Å². The van der Waals surface area contributed by atoms with Crippen LogP contribution in [0.5, 0.6) is 11.5 Å². The van der Waals surface area contributed by atoms with Crippen molar-refractivity contribution in [2.45, 2.75) is 0 Å². The van der Waals surface area contributed by atoms with E-state index in [2.05, 4.69) is 6.58 Å². The molecule has 0 bridgehead atoms. The summed E-state index contributed by atoms with van der Waals surface area (Å²) in [6.45, 7) is 9.69. The fraction of sp³-hybridized carbons (Fsp3) is 0.467. The average molecular weight is 264 g/mol. The van der Waals surface area contributed by atoms with Crippen molar-refractivity contribution < 1.29 is 19.1 Å². The Morgan fingerprint density at radius 1 is 1.16 bits per heavy atom. The van der Waals surface area contributed by atoms with Crippen LogP contribution < -0.4 is 14.4 Å². The standard InChI is InChI=1S/C15H21NO3/c1-2-10-18-14-5-3-4-6-15(14)19-13-9-16-7-11-17-12-8-16/h2-6H,1,7-13H2/p+1. The average Bonchev–Trinajstić information content (AvgIpc) is 2.47. The summed E-state index contributed by atoms with van der Waals surface area (Å²) in [5.41, 5.74) is 0. The summed E-state index contributed by atoms with van der Waals surface area (Å²) in [4.78, 5) is 1.54. The monoisotopic (exact) mass is 264 g/mol. The zero-order valence-corrected chi connectivity index (χ0v) is 11.3. The zero-order chi connectivity index (χ0) is 13.3. The number of hydrogen-bond acceptors (Lipinski definition) is 3. The van der Waals surface area contributed by atoms with Gasteiger partial charge in [-0.2, -0.15) is 0 Å². The van der Waals surface area contributed by atoms with Crippen LogP contribution in [-0.2, 0) is 4.74 Å². The third kappa shape index (κ3) is 4.58. The van der Waals surface area contributed by atoms with Gasteiger partial charge in [-0.05, 0) is 12.1 Å². The molecule has 104 valence electrons. The second-order valence-electron chi connectivity index (χ2n) is 4.51. The van der Waals surface area contributed by atoms with Crippen LogP contribution in [0.4, 0.5) is 0 Å². The molecule has 0 saturated carbocycles. The van der Waals surface area contributed by atoms with Crippen molar-refractivity contribution >= 4 is 0 Å². The van der Waals surface area contributed by atoms with Gasteiger partial charge < -0.3 is 19.1 Å². The van der Waals surface area contributed by atoms with Crippen LogP contribution in [0, 0.1) is 0 Å². The first-order valence-electron chi connectivity index (χ1n) is 6.77. The summed E-state index contributed by atoms with van der Waals surface area (Å²) >= 11 is 0. The van der Waals surface area contributed by atoms with E-state index in [1.807, 2.05) is 24.3 Å². The molecule has 2 rings (SSSR count). The van der Waals surface area contributed by atoms with Crippen LogP contribution >= 0.6 is 0 Å². The molecule has 0 aliphatic carbocycles. The van der Waals surface area contributed by atoms with Crippen LogP contribution in [0.15, 0.2) is 36.9 Å². The largest absolute Gasteiger partial charge is 0.486 e. The maximum absolute atomic E-state index is 5.82. The van der Waals surface area contributed by atoms with Crippen molar-refractivity contribution in [2.24, 2.45) is 0 Å². The molecule has 4 heteroatoms. The number of rotatable bonds is 7.